The van der Waals surface area contributed by atoms with Gasteiger partial charge in [-0.15, -0.1) is 0 Å². The third-order valence-electron chi connectivity index (χ3n) is 4.04. The fourth-order valence-corrected chi connectivity index (χ4v) is 2.85. The van der Waals surface area contributed by atoms with Crippen LogP contribution in [0, 0.1) is 13.8 Å². The lowest BCUT2D eigenvalue weighted by Crippen LogP contribution is -2.32. The van der Waals surface area contributed by atoms with Crippen LogP contribution in [0.2, 0.25) is 0 Å². The van der Waals surface area contributed by atoms with E-state index in [-0.39, 0.29) is 0 Å². The summed E-state index contributed by atoms with van der Waals surface area (Å²) in [5, 5.41) is 3.60. The highest BCUT2D eigenvalue weighted by molar-refractivity contribution is 5.36. The summed E-state index contributed by atoms with van der Waals surface area (Å²) in [4.78, 5) is 0. The van der Waals surface area contributed by atoms with Crippen molar-refractivity contribution >= 4 is 0 Å². The average Bonchev–Trinajstić information content (AvgIpc) is 2.77. The van der Waals surface area contributed by atoms with Gasteiger partial charge in [0, 0.05) is 0 Å². The molecule has 0 aliphatic carbocycles. The number of hydrogen-bond acceptors (Lipinski definition) is 2. The van der Waals surface area contributed by atoms with Crippen molar-refractivity contribution in [1.29, 1.82) is 0 Å². The van der Waals surface area contributed by atoms with Crippen LogP contribution < -0.4 is 5.32 Å². The van der Waals surface area contributed by atoms with Crippen LogP contribution in [0.4, 0.5) is 0 Å². The maximum Gasteiger partial charge on any atom is 0.0774 e. The standard InChI is InChI=1S/C16H25NO/c1-5-17-16(15-10-9-12(3)18-15)14-8-6-7-11(2)13(14)4/h6-8,12,15-17H,5,9-10H2,1-4H3. The second-order valence-electron chi connectivity index (χ2n) is 5.39. The number of nitrogens with one attached hydrogen (secondary N) is 1. The minimum Gasteiger partial charge on any atom is -0.373 e. The summed E-state index contributed by atoms with van der Waals surface area (Å²) in [5.74, 6) is 0. The molecule has 2 heteroatoms. The second kappa shape index (κ2) is 5.85. The molecule has 3 unspecified atom stereocenters. The molecule has 1 aliphatic heterocycles. The van der Waals surface area contributed by atoms with Crippen molar-refractivity contribution in [3.63, 3.8) is 0 Å². The molecule has 0 aromatic heterocycles. The van der Waals surface area contributed by atoms with Crippen LogP contribution in [0.25, 0.3) is 0 Å². The molecule has 0 bridgehead atoms. The van der Waals surface area contributed by atoms with Crippen LogP contribution in [0.1, 0.15) is 49.4 Å². The van der Waals surface area contributed by atoms with Crippen molar-refractivity contribution < 1.29 is 4.74 Å². The molecule has 2 rings (SSSR count). The van der Waals surface area contributed by atoms with E-state index in [1.54, 1.807) is 0 Å². The fourth-order valence-electron chi connectivity index (χ4n) is 2.85. The predicted octanol–water partition coefficient (Wildman–Crippen LogP) is 3.52. The van der Waals surface area contributed by atoms with E-state index in [0.29, 0.717) is 18.2 Å². The van der Waals surface area contributed by atoms with Gasteiger partial charge < -0.3 is 10.1 Å². The normalized spacial score (nSPS) is 25.3. The van der Waals surface area contributed by atoms with Gasteiger partial charge in [0.25, 0.3) is 0 Å². The fraction of sp³-hybridized carbons (Fsp3) is 0.625. The maximum absolute atomic E-state index is 6.06. The van der Waals surface area contributed by atoms with Crippen LogP contribution in [0.15, 0.2) is 18.2 Å². The Morgan fingerprint density at radius 1 is 1.33 bits per heavy atom. The van der Waals surface area contributed by atoms with Crippen LogP contribution in [0.3, 0.4) is 0 Å². The Balaban J connectivity index is 2.26. The zero-order chi connectivity index (χ0) is 13.1. The predicted molar refractivity (Wildman–Crippen MR) is 75.9 cm³/mol. The molecule has 1 aromatic carbocycles. The smallest absolute Gasteiger partial charge is 0.0774 e. The molecule has 0 saturated carbocycles. The number of ether oxygens (including phenoxy) is 1. The average molecular weight is 247 g/mol. The zero-order valence-electron chi connectivity index (χ0n) is 12.0. The van der Waals surface area contributed by atoms with Crippen molar-refractivity contribution in [2.45, 2.75) is 58.8 Å². The van der Waals surface area contributed by atoms with Gasteiger partial charge in [-0.05, 0) is 56.8 Å². The molecule has 1 saturated heterocycles. The minimum absolute atomic E-state index is 0.320. The summed E-state index contributed by atoms with van der Waals surface area (Å²) >= 11 is 0. The van der Waals surface area contributed by atoms with Gasteiger partial charge in [-0.1, -0.05) is 25.1 Å². The number of hydrogen-bond donors (Lipinski definition) is 1. The van der Waals surface area contributed by atoms with Gasteiger partial charge in [0.05, 0.1) is 18.2 Å². The van der Waals surface area contributed by atoms with Crippen molar-refractivity contribution in [1.82, 2.24) is 5.32 Å². The van der Waals surface area contributed by atoms with Gasteiger partial charge in [0.1, 0.15) is 0 Å². The first kappa shape index (κ1) is 13.6. The molecule has 0 amide bonds. The van der Waals surface area contributed by atoms with Crippen molar-refractivity contribution in [3.8, 4) is 0 Å². The number of aryl methyl sites for hydroxylation is 1. The third-order valence-corrected chi connectivity index (χ3v) is 4.04. The van der Waals surface area contributed by atoms with E-state index in [9.17, 15) is 0 Å². The Labute approximate surface area is 111 Å². The quantitative estimate of drug-likeness (QED) is 0.879. The monoisotopic (exact) mass is 247 g/mol. The molecular formula is C16H25NO. The van der Waals surface area contributed by atoms with Gasteiger partial charge in [-0.2, -0.15) is 0 Å². The number of rotatable bonds is 4. The first-order valence-corrected chi connectivity index (χ1v) is 7.08. The number of benzene rings is 1. The van der Waals surface area contributed by atoms with E-state index in [0.717, 1.165) is 13.0 Å². The van der Waals surface area contributed by atoms with Gasteiger partial charge in [0.15, 0.2) is 0 Å². The van der Waals surface area contributed by atoms with Crippen molar-refractivity contribution in [2.24, 2.45) is 0 Å². The van der Waals surface area contributed by atoms with Crippen LogP contribution in [-0.2, 0) is 4.74 Å². The second-order valence-corrected chi connectivity index (χ2v) is 5.39. The van der Waals surface area contributed by atoms with Crippen LogP contribution in [-0.4, -0.2) is 18.8 Å². The molecule has 18 heavy (non-hydrogen) atoms. The lowest BCUT2D eigenvalue weighted by Gasteiger charge is -2.27. The zero-order valence-corrected chi connectivity index (χ0v) is 12.0. The molecule has 1 N–H and O–H groups in total. The Hall–Kier alpha value is -0.860. The summed E-state index contributed by atoms with van der Waals surface area (Å²) in [6.07, 6.45) is 3.06. The summed E-state index contributed by atoms with van der Waals surface area (Å²) in [5.41, 5.74) is 4.16. The summed E-state index contributed by atoms with van der Waals surface area (Å²) in [7, 11) is 0. The highest BCUT2D eigenvalue weighted by Crippen LogP contribution is 2.32. The van der Waals surface area contributed by atoms with E-state index in [1.807, 2.05) is 0 Å². The Morgan fingerprint density at radius 2 is 2.11 bits per heavy atom. The Kier molecular flexibility index (Phi) is 4.41. The molecule has 1 aliphatic rings. The molecule has 1 heterocycles. The first-order chi connectivity index (χ1) is 8.63. The minimum atomic E-state index is 0.320. The van der Waals surface area contributed by atoms with Crippen molar-refractivity contribution in [2.75, 3.05) is 6.54 Å². The molecule has 0 spiro atoms. The molecule has 0 radical (unpaired) electrons. The van der Waals surface area contributed by atoms with Crippen molar-refractivity contribution in [3.05, 3.63) is 34.9 Å². The molecule has 1 fully saturated rings. The van der Waals surface area contributed by atoms with E-state index in [4.69, 9.17) is 4.74 Å². The lowest BCUT2D eigenvalue weighted by molar-refractivity contribution is 0.0318. The van der Waals surface area contributed by atoms with E-state index < -0.39 is 0 Å². The maximum atomic E-state index is 6.06. The molecule has 1 aromatic rings. The van der Waals surface area contributed by atoms with E-state index in [1.165, 1.54) is 23.1 Å². The molecule has 2 nitrogen and oxygen atoms in total. The van der Waals surface area contributed by atoms with Crippen LogP contribution >= 0.6 is 0 Å². The number of likely N-dealkylation sites (N-methyl/N-ethyl adjacent to an activating group) is 1. The molecular weight excluding hydrogens is 222 g/mol. The first-order valence-electron chi connectivity index (χ1n) is 7.08. The summed E-state index contributed by atoms with van der Waals surface area (Å²) in [6, 6.07) is 6.90. The van der Waals surface area contributed by atoms with E-state index in [2.05, 4.69) is 51.2 Å². The van der Waals surface area contributed by atoms with Crippen LogP contribution in [0.5, 0.6) is 0 Å². The van der Waals surface area contributed by atoms with Gasteiger partial charge in [-0.3, -0.25) is 0 Å². The topological polar surface area (TPSA) is 21.3 Å². The SMILES string of the molecule is CCNC(c1cccc(C)c1C)C1CCC(C)O1. The van der Waals surface area contributed by atoms with E-state index >= 15 is 0 Å². The largest absolute Gasteiger partial charge is 0.373 e. The third kappa shape index (κ3) is 2.76. The van der Waals surface area contributed by atoms with Gasteiger partial charge in [0.2, 0.25) is 0 Å². The molecule has 100 valence electrons. The summed E-state index contributed by atoms with van der Waals surface area (Å²) in [6.45, 7) is 9.71. The Bertz CT molecular complexity index is 402. The Morgan fingerprint density at radius 3 is 2.72 bits per heavy atom. The summed E-state index contributed by atoms with van der Waals surface area (Å²) < 4.78 is 6.06. The van der Waals surface area contributed by atoms with Gasteiger partial charge in [-0.25, -0.2) is 0 Å². The van der Waals surface area contributed by atoms with Gasteiger partial charge >= 0.3 is 0 Å². The highest BCUT2D eigenvalue weighted by atomic mass is 16.5. The molecule has 3 atom stereocenters. The highest BCUT2D eigenvalue weighted by Gasteiger charge is 2.30. The lowest BCUT2D eigenvalue weighted by atomic mass is 9.93.